The fraction of sp³-hybridized carbons (Fsp3) is 0.286. The van der Waals surface area contributed by atoms with Crippen molar-refractivity contribution in [1.29, 1.82) is 5.26 Å². The molecule has 0 fully saturated rings. The number of rotatable bonds is 0. The molecule has 1 rings (SSSR count). The Bertz CT molecular complexity index is 486. The minimum absolute atomic E-state index is 1.00. The lowest BCUT2D eigenvalue weighted by molar-refractivity contribution is -0.152. The second-order valence-corrected chi connectivity index (χ2v) is 3.03. The molecule has 1 aromatic rings. The third kappa shape index (κ3) is 2.76. The van der Waals surface area contributed by atoms with E-state index in [1.165, 1.54) is 0 Å². The first-order chi connectivity index (χ1) is 7.57. The molecule has 0 aromatic carbocycles. The lowest BCUT2D eigenvalue weighted by atomic mass is 10.2. The molecule has 1 heterocycles. The first-order valence-electron chi connectivity index (χ1n) is 3.69. The molecular weight excluding hydrogens is 276 g/mol. The topological polar surface area (TPSA) is 49.6 Å². The summed E-state index contributed by atoms with van der Waals surface area (Å²) < 4.78 is 73.4. The zero-order valence-electron chi connectivity index (χ0n) is 7.49. The number of halogens is 7. The van der Waals surface area contributed by atoms with Crippen LogP contribution >= 0.6 is 11.6 Å². The van der Waals surface area contributed by atoms with Crippen molar-refractivity contribution in [2.45, 2.75) is 12.4 Å². The van der Waals surface area contributed by atoms with E-state index in [1.54, 1.807) is 0 Å². The second kappa shape index (κ2) is 4.03. The van der Waals surface area contributed by atoms with E-state index in [4.69, 9.17) is 16.9 Å². The molecule has 10 heteroatoms. The van der Waals surface area contributed by atoms with Crippen molar-refractivity contribution >= 4 is 11.6 Å². The van der Waals surface area contributed by atoms with Crippen molar-refractivity contribution in [2.24, 2.45) is 0 Å². The maximum absolute atomic E-state index is 12.3. The largest absolute Gasteiger partial charge is 0.451 e. The molecule has 0 saturated heterocycles. The summed E-state index contributed by atoms with van der Waals surface area (Å²) in [5.41, 5.74) is -3.25. The Balaban J connectivity index is 3.58. The number of alkyl halides is 6. The van der Waals surface area contributed by atoms with Gasteiger partial charge in [0, 0.05) is 0 Å². The van der Waals surface area contributed by atoms with Crippen LogP contribution in [0.5, 0.6) is 0 Å². The van der Waals surface area contributed by atoms with Crippen LogP contribution in [-0.4, -0.2) is 9.97 Å². The highest BCUT2D eigenvalue weighted by Crippen LogP contribution is 2.35. The third-order valence-electron chi connectivity index (χ3n) is 1.50. The first kappa shape index (κ1) is 13.5. The van der Waals surface area contributed by atoms with Crippen LogP contribution in [0.1, 0.15) is 17.1 Å². The van der Waals surface area contributed by atoms with E-state index in [1.807, 2.05) is 0 Å². The average Bonchev–Trinajstić information content (AvgIpc) is 2.13. The quantitative estimate of drug-likeness (QED) is 0.540. The molecule has 0 atom stereocenters. The lowest BCUT2D eigenvalue weighted by Crippen LogP contribution is -2.19. The van der Waals surface area contributed by atoms with Crippen LogP contribution in [0.15, 0.2) is 0 Å². The number of nitriles is 1. The molecule has 0 spiro atoms. The van der Waals surface area contributed by atoms with Crippen LogP contribution in [0.4, 0.5) is 26.3 Å². The summed E-state index contributed by atoms with van der Waals surface area (Å²) in [6.45, 7) is 0. The van der Waals surface area contributed by atoms with Crippen molar-refractivity contribution in [3.8, 4) is 6.07 Å². The van der Waals surface area contributed by atoms with Gasteiger partial charge >= 0.3 is 12.4 Å². The molecule has 0 amide bonds. The molecule has 0 unspecified atom stereocenters. The predicted molar refractivity (Wildman–Crippen MR) is 41.8 cm³/mol. The molecule has 17 heavy (non-hydrogen) atoms. The summed E-state index contributed by atoms with van der Waals surface area (Å²) in [5.74, 6) is -2.05. The number of hydrogen-bond acceptors (Lipinski definition) is 3. The Kier molecular flexibility index (Phi) is 3.20. The van der Waals surface area contributed by atoms with E-state index >= 15 is 0 Å². The van der Waals surface area contributed by atoms with Crippen molar-refractivity contribution in [3.63, 3.8) is 0 Å². The van der Waals surface area contributed by atoms with Gasteiger partial charge in [0.25, 0.3) is 0 Å². The second-order valence-electron chi connectivity index (χ2n) is 2.67. The van der Waals surface area contributed by atoms with E-state index in [9.17, 15) is 26.3 Å². The standard InChI is InChI=1S/C7ClF6N3/c8-4-2(1-15)3(6(9,10)11)16-5(17-4)7(12,13)14. The van der Waals surface area contributed by atoms with Gasteiger partial charge in [-0.1, -0.05) is 11.6 Å². The summed E-state index contributed by atoms with van der Waals surface area (Å²) in [7, 11) is 0. The summed E-state index contributed by atoms with van der Waals surface area (Å²) in [4.78, 5) is 4.88. The Hall–Kier alpha value is -1.56. The fourth-order valence-corrected chi connectivity index (χ4v) is 1.08. The molecular formula is C7ClF6N3. The highest BCUT2D eigenvalue weighted by atomic mass is 35.5. The van der Waals surface area contributed by atoms with Gasteiger partial charge in [-0.2, -0.15) is 31.6 Å². The van der Waals surface area contributed by atoms with Gasteiger partial charge < -0.3 is 0 Å². The highest BCUT2D eigenvalue weighted by Gasteiger charge is 2.42. The maximum Gasteiger partial charge on any atom is 0.451 e. The minimum atomic E-state index is -5.22. The smallest absolute Gasteiger partial charge is 0.218 e. The molecule has 92 valence electrons. The normalized spacial score (nSPS) is 12.4. The number of aromatic nitrogens is 2. The summed E-state index contributed by atoms with van der Waals surface area (Å²) >= 11 is 5.07. The zero-order chi connectivity index (χ0) is 13.4. The zero-order valence-corrected chi connectivity index (χ0v) is 8.24. The molecule has 0 N–H and O–H groups in total. The Labute approximate surface area is 94.7 Å². The van der Waals surface area contributed by atoms with Crippen molar-refractivity contribution < 1.29 is 26.3 Å². The minimum Gasteiger partial charge on any atom is -0.218 e. The van der Waals surface area contributed by atoms with Gasteiger partial charge in [-0.15, -0.1) is 0 Å². The molecule has 0 aliphatic carbocycles. The van der Waals surface area contributed by atoms with Gasteiger partial charge in [-0.3, -0.25) is 0 Å². The Morgan fingerprint density at radius 1 is 1.00 bits per heavy atom. The third-order valence-corrected chi connectivity index (χ3v) is 1.77. The number of nitrogens with zero attached hydrogens (tertiary/aromatic N) is 3. The monoisotopic (exact) mass is 275 g/mol. The summed E-state index contributed by atoms with van der Waals surface area (Å²) in [6.07, 6.45) is -10.4. The van der Waals surface area contributed by atoms with E-state index < -0.39 is 34.6 Å². The van der Waals surface area contributed by atoms with Crippen molar-refractivity contribution in [3.05, 3.63) is 22.2 Å². The van der Waals surface area contributed by atoms with Gasteiger partial charge in [-0.25, -0.2) is 9.97 Å². The number of hydrogen-bond donors (Lipinski definition) is 0. The van der Waals surface area contributed by atoms with E-state index in [2.05, 4.69) is 9.97 Å². The summed E-state index contributed by atoms with van der Waals surface area (Å²) in [6, 6.07) is 1.00. The molecule has 0 saturated carbocycles. The lowest BCUT2D eigenvalue weighted by Gasteiger charge is -2.11. The fourth-order valence-electron chi connectivity index (χ4n) is 0.864. The predicted octanol–water partition coefficient (Wildman–Crippen LogP) is 3.04. The van der Waals surface area contributed by atoms with E-state index in [0.717, 1.165) is 6.07 Å². The Morgan fingerprint density at radius 3 is 1.88 bits per heavy atom. The summed E-state index contributed by atoms with van der Waals surface area (Å²) in [5, 5.41) is 7.17. The van der Waals surface area contributed by atoms with Crippen LogP contribution in [0.25, 0.3) is 0 Å². The maximum atomic E-state index is 12.3. The first-order valence-corrected chi connectivity index (χ1v) is 4.07. The van der Waals surface area contributed by atoms with Gasteiger partial charge in [0.1, 0.15) is 11.6 Å². The molecule has 3 nitrogen and oxygen atoms in total. The van der Waals surface area contributed by atoms with Gasteiger partial charge in [0.2, 0.25) is 5.82 Å². The van der Waals surface area contributed by atoms with Crippen LogP contribution in [0.2, 0.25) is 5.15 Å². The SMILES string of the molecule is N#Cc1c(Cl)nc(C(F)(F)F)nc1C(F)(F)F. The van der Waals surface area contributed by atoms with Crippen LogP contribution in [-0.2, 0) is 12.4 Å². The van der Waals surface area contributed by atoms with E-state index in [0.29, 0.717) is 0 Å². The van der Waals surface area contributed by atoms with Gasteiger partial charge in [0.15, 0.2) is 10.8 Å². The Morgan fingerprint density at radius 2 is 1.53 bits per heavy atom. The van der Waals surface area contributed by atoms with Crippen LogP contribution in [0.3, 0.4) is 0 Å². The van der Waals surface area contributed by atoms with Crippen LogP contribution < -0.4 is 0 Å². The molecule has 0 radical (unpaired) electrons. The molecule has 0 aliphatic rings. The average molecular weight is 276 g/mol. The van der Waals surface area contributed by atoms with Gasteiger partial charge in [-0.05, 0) is 0 Å². The van der Waals surface area contributed by atoms with Crippen LogP contribution in [0, 0.1) is 11.3 Å². The molecule has 0 aliphatic heterocycles. The van der Waals surface area contributed by atoms with Crippen molar-refractivity contribution in [2.75, 3.05) is 0 Å². The highest BCUT2D eigenvalue weighted by molar-refractivity contribution is 6.30. The molecule has 1 aromatic heterocycles. The van der Waals surface area contributed by atoms with Crippen molar-refractivity contribution in [1.82, 2.24) is 9.97 Å². The van der Waals surface area contributed by atoms with Gasteiger partial charge in [0.05, 0.1) is 0 Å². The molecule has 0 bridgehead atoms. The van der Waals surface area contributed by atoms with E-state index in [-0.39, 0.29) is 0 Å².